The first-order valence-corrected chi connectivity index (χ1v) is 7.25. The molecular weight excluding hydrogens is 256 g/mol. The van der Waals surface area contributed by atoms with Gasteiger partial charge >= 0.3 is 5.97 Å². The summed E-state index contributed by atoms with van der Waals surface area (Å²) in [7, 11) is 0. The molecule has 0 spiro atoms. The number of ether oxygens (including phenoxy) is 2. The normalized spacial score (nSPS) is 22.4. The predicted molar refractivity (Wildman–Crippen MR) is 75.7 cm³/mol. The molecule has 1 aromatic rings. The van der Waals surface area contributed by atoms with Crippen molar-refractivity contribution in [3.63, 3.8) is 0 Å². The minimum Gasteiger partial charge on any atom is -0.459 e. The number of hydrogen-bond acceptors (Lipinski definition) is 4. The van der Waals surface area contributed by atoms with Crippen molar-refractivity contribution in [2.75, 3.05) is 13.2 Å². The first-order valence-electron chi connectivity index (χ1n) is 7.25. The monoisotopic (exact) mass is 280 g/mol. The summed E-state index contributed by atoms with van der Waals surface area (Å²) in [5, 5.41) is 4.26. The fraction of sp³-hybridized carbons (Fsp3) is 0.733. The van der Waals surface area contributed by atoms with Gasteiger partial charge in [-0.3, -0.25) is 4.68 Å². The minimum absolute atomic E-state index is 0.306. The summed E-state index contributed by atoms with van der Waals surface area (Å²) in [5.74, 6) is 0.178. The molecule has 1 atom stereocenters. The topological polar surface area (TPSA) is 53.4 Å². The van der Waals surface area contributed by atoms with Gasteiger partial charge in [0.05, 0.1) is 11.8 Å². The number of nitrogens with zero attached hydrogens (tertiary/aromatic N) is 2. The lowest BCUT2D eigenvalue weighted by Gasteiger charge is -2.22. The molecule has 0 radical (unpaired) electrons. The zero-order valence-electron chi connectivity index (χ0n) is 12.8. The van der Waals surface area contributed by atoms with Crippen molar-refractivity contribution in [2.24, 2.45) is 5.92 Å². The van der Waals surface area contributed by atoms with E-state index in [0.717, 1.165) is 31.7 Å². The summed E-state index contributed by atoms with van der Waals surface area (Å²) in [6.45, 7) is 10.00. The molecule has 0 bridgehead atoms. The van der Waals surface area contributed by atoms with Gasteiger partial charge in [0, 0.05) is 18.8 Å². The molecule has 112 valence electrons. The smallest absolute Gasteiger partial charge is 0.341 e. The van der Waals surface area contributed by atoms with Gasteiger partial charge in [-0.1, -0.05) is 13.8 Å². The Morgan fingerprint density at radius 1 is 1.60 bits per heavy atom. The molecule has 0 aliphatic carbocycles. The molecule has 0 saturated carbocycles. The van der Waals surface area contributed by atoms with E-state index < -0.39 is 0 Å². The van der Waals surface area contributed by atoms with Crippen molar-refractivity contribution < 1.29 is 14.3 Å². The van der Waals surface area contributed by atoms with E-state index in [0.29, 0.717) is 18.1 Å². The van der Waals surface area contributed by atoms with Crippen LogP contribution in [0, 0.1) is 12.8 Å². The van der Waals surface area contributed by atoms with Gasteiger partial charge in [0.15, 0.2) is 0 Å². The van der Waals surface area contributed by atoms with Crippen LogP contribution >= 0.6 is 0 Å². The van der Waals surface area contributed by atoms with E-state index in [-0.39, 0.29) is 11.6 Å². The van der Waals surface area contributed by atoms with Crippen LogP contribution in [0.25, 0.3) is 0 Å². The minimum atomic E-state index is -0.322. The van der Waals surface area contributed by atoms with E-state index in [9.17, 15) is 4.79 Å². The molecule has 0 aromatic carbocycles. The number of hydrogen-bond donors (Lipinski definition) is 0. The van der Waals surface area contributed by atoms with Crippen molar-refractivity contribution >= 4 is 5.97 Å². The molecule has 0 N–H and O–H groups in total. The first-order chi connectivity index (χ1) is 9.41. The summed E-state index contributed by atoms with van der Waals surface area (Å²) in [6.07, 6.45) is 3.56. The second kappa shape index (κ2) is 5.95. The SMILES string of the molecule is Cc1c(C(=O)OCC2(C)CCCO2)cnn1CC(C)C. The molecule has 1 fully saturated rings. The third-order valence-electron chi connectivity index (χ3n) is 3.67. The maximum Gasteiger partial charge on any atom is 0.341 e. The van der Waals surface area contributed by atoms with Crippen molar-refractivity contribution in [3.8, 4) is 0 Å². The van der Waals surface area contributed by atoms with Gasteiger partial charge in [0.2, 0.25) is 0 Å². The summed E-state index contributed by atoms with van der Waals surface area (Å²) >= 11 is 0. The maximum absolute atomic E-state index is 12.1. The molecule has 5 heteroatoms. The summed E-state index contributed by atoms with van der Waals surface area (Å²) in [4.78, 5) is 12.1. The van der Waals surface area contributed by atoms with Crippen LogP contribution in [-0.2, 0) is 16.0 Å². The average molecular weight is 280 g/mol. The zero-order valence-corrected chi connectivity index (χ0v) is 12.8. The molecule has 1 unspecified atom stereocenters. The molecule has 0 amide bonds. The Bertz CT molecular complexity index is 473. The highest BCUT2D eigenvalue weighted by Gasteiger charge is 2.31. The van der Waals surface area contributed by atoms with E-state index in [1.807, 2.05) is 18.5 Å². The van der Waals surface area contributed by atoms with E-state index in [4.69, 9.17) is 9.47 Å². The Kier molecular flexibility index (Phi) is 4.48. The lowest BCUT2D eigenvalue weighted by Crippen LogP contribution is -2.31. The van der Waals surface area contributed by atoms with Crippen LogP contribution in [0.15, 0.2) is 6.20 Å². The van der Waals surface area contributed by atoms with E-state index in [1.165, 1.54) is 0 Å². The molecular formula is C15H24N2O3. The highest BCUT2D eigenvalue weighted by atomic mass is 16.6. The fourth-order valence-corrected chi connectivity index (χ4v) is 2.42. The van der Waals surface area contributed by atoms with Crippen LogP contribution in [0.2, 0.25) is 0 Å². The Morgan fingerprint density at radius 3 is 2.95 bits per heavy atom. The van der Waals surface area contributed by atoms with E-state index in [2.05, 4.69) is 18.9 Å². The number of aromatic nitrogens is 2. The standard InChI is InChI=1S/C15H24N2O3/c1-11(2)9-17-12(3)13(8-16-17)14(18)19-10-15(4)6-5-7-20-15/h8,11H,5-7,9-10H2,1-4H3. The molecule has 20 heavy (non-hydrogen) atoms. The summed E-state index contributed by atoms with van der Waals surface area (Å²) < 4.78 is 12.9. The van der Waals surface area contributed by atoms with Gasteiger partial charge in [0.1, 0.15) is 12.2 Å². The maximum atomic E-state index is 12.1. The van der Waals surface area contributed by atoms with Crippen molar-refractivity contribution in [1.29, 1.82) is 0 Å². The quantitative estimate of drug-likeness (QED) is 0.778. The number of carbonyl (C=O) groups is 1. The van der Waals surface area contributed by atoms with Crippen molar-refractivity contribution in [2.45, 2.75) is 52.7 Å². The van der Waals surface area contributed by atoms with Crippen LogP contribution in [0.5, 0.6) is 0 Å². The molecule has 5 nitrogen and oxygen atoms in total. The molecule has 2 rings (SSSR count). The van der Waals surface area contributed by atoms with Crippen molar-refractivity contribution in [3.05, 3.63) is 17.5 Å². The lowest BCUT2D eigenvalue weighted by molar-refractivity contribution is -0.0378. The van der Waals surface area contributed by atoms with Crippen LogP contribution in [-0.4, -0.2) is 34.6 Å². The largest absolute Gasteiger partial charge is 0.459 e. The van der Waals surface area contributed by atoms with Crippen LogP contribution in [0.3, 0.4) is 0 Å². The van der Waals surface area contributed by atoms with Gasteiger partial charge in [-0.25, -0.2) is 4.79 Å². The van der Waals surface area contributed by atoms with Crippen molar-refractivity contribution in [1.82, 2.24) is 9.78 Å². The van der Waals surface area contributed by atoms with Gasteiger partial charge in [0.25, 0.3) is 0 Å². The average Bonchev–Trinajstić information content (AvgIpc) is 2.95. The molecule has 1 aliphatic heterocycles. The van der Waals surface area contributed by atoms with E-state index in [1.54, 1.807) is 6.20 Å². The first kappa shape index (κ1) is 15.0. The fourth-order valence-electron chi connectivity index (χ4n) is 2.42. The highest BCUT2D eigenvalue weighted by molar-refractivity contribution is 5.90. The summed E-state index contributed by atoms with van der Waals surface area (Å²) in [6, 6.07) is 0. The highest BCUT2D eigenvalue weighted by Crippen LogP contribution is 2.25. The number of esters is 1. The zero-order chi connectivity index (χ0) is 14.8. The van der Waals surface area contributed by atoms with Crippen LogP contribution < -0.4 is 0 Å². The molecule has 1 aromatic heterocycles. The second-order valence-electron chi connectivity index (χ2n) is 6.20. The number of rotatable bonds is 5. The van der Waals surface area contributed by atoms with Gasteiger partial charge in [-0.2, -0.15) is 5.10 Å². The number of carbonyl (C=O) groups excluding carboxylic acids is 1. The Hall–Kier alpha value is -1.36. The summed E-state index contributed by atoms with van der Waals surface area (Å²) in [5.41, 5.74) is 1.09. The Morgan fingerprint density at radius 2 is 2.35 bits per heavy atom. The Balaban J connectivity index is 1.97. The van der Waals surface area contributed by atoms with Gasteiger partial charge in [-0.15, -0.1) is 0 Å². The third kappa shape index (κ3) is 3.39. The molecule has 1 saturated heterocycles. The third-order valence-corrected chi connectivity index (χ3v) is 3.67. The lowest BCUT2D eigenvalue weighted by atomic mass is 10.0. The second-order valence-corrected chi connectivity index (χ2v) is 6.20. The van der Waals surface area contributed by atoms with Crippen LogP contribution in [0.1, 0.15) is 49.7 Å². The molecule has 1 aliphatic rings. The van der Waals surface area contributed by atoms with Gasteiger partial charge < -0.3 is 9.47 Å². The van der Waals surface area contributed by atoms with E-state index >= 15 is 0 Å². The van der Waals surface area contributed by atoms with Crippen LogP contribution in [0.4, 0.5) is 0 Å². The predicted octanol–water partition coefficient (Wildman–Crippen LogP) is 2.57. The Labute approximate surface area is 120 Å². The molecule has 2 heterocycles. The van der Waals surface area contributed by atoms with Gasteiger partial charge in [-0.05, 0) is 32.6 Å².